The molecule has 0 amide bonds. The molecule has 3 aromatic rings. The molecule has 1 fully saturated rings. The molecule has 9 heteroatoms. The van der Waals surface area contributed by atoms with Crippen LogP contribution < -0.4 is 10.6 Å². The van der Waals surface area contributed by atoms with Gasteiger partial charge >= 0.3 is 0 Å². The largest absolute Gasteiger partial charge is 0.339 e. The van der Waals surface area contributed by atoms with E-state index in [4.69, 9.17) is 11.6 Å². The van der Waals surface area contributed by atoms with E-state index in [1.54, 1.807) is 25.7 Å². The first-order chi connectivity index (χ1) is 13.3. The minimum atomic E-state index is -2.58. The van der Waals surface area contributed by atoms with Crippen LogP contribution in [0.5, 0.6) is 0 Å². The van der Waals surface area contributed by atoms with Gasteiger partial charge < -0.3 is 9.88 Å². The molecular weight excluding hydrogens is 461 g/mol. The molecule has 1 N–H and O–H groups in total. The fraction of sp³-hybridized carbons (Fsp3) is 0.263. The number of hydrogen-bond acceptors (Lipinski definition) is 6. The standard InChI is InChI=1S/C19H18BrClN5OP/c1-28(2,27)17-7-12(16-10-22-15(9-23-16)11-3-4-11)5-6-14(17)25-18-13(20)8-24-19(21)26-18/h5-11H,3-4H2,1-2H3,(H,24,25,26). The van der Waals surface area contributed by atoms with Crippen molar-refractivity contribution in [3.05, 3.63) is 52.2 Å². The summed E-state index contributed by atoms with van der Waals surface area (Å²) < 4.78 is 13.6. The molecule has 0 saturated heterocycles. The summed E-state index contributed by atoms with van der Waals surface area (Å²) in [5, 5.41) is 4.05. The van der Waals surface area contributed by atoms with E-state index in [-0.39, 0.29) is 5.28 Å². The lowest BCUT2D eigenvalue weighted by molar-refractivity contribution is 0.588. The van der Waals surface area contributed by atoms with Gasteiger partial charge in [0.15, 0.2) is 0 Å². The fourth-order valence-electron chi connectivity index (χ4n) is 2.88. The number of benzene rings is 1. The first kappa shape index (κ1) is 19.5. The zero-order valence-electron chi connectivity index (χ0n) is 15.4. The summed E-state index contributed by atoms with van der Waals surface area (Å²) in [6, 6.07) is 5.71. The highest BCUT2D eigenvalue weighted by atomic mass is 79.9. The van der Waals surface area contributed by atoms with Crippen molar-refractivity contribution in [1.82, 2.24) is 19.9 Å². The van der Waals surface area contributed by atoms with E-state index in [9.17, 15) is 4.57 Å². The summed E-state index contributed by atoms with van der Waals surface area (Å²) in [6.07, 6.45) is 7.58. The summed E-state index contributed by atoms with van der Waals surface area (Å²) in [7, 11) is -2.58. The third kappa shape index (κ3) is 4.27. The van der Waals surface area contributed by atoms with Crippen LogP contribution in [0.4, 0.5) is 11.5 Å². The van der Waals surface area contributed by atoms with E-state index in [0.29, 0.717) is 27.2 Å². The Morgan fingerprint density at radius 2 is 1.93 bits per heavy atom. The molecule has 0 bridgehead atoms. The third-order valence-electron chi connectivity index (χ3n) is 4.51. The summed E-state index contributed by atoms with van der Waals surface area (Å²) in [6.45, 7) is 3.47. The number of aromatic nitrogens is 4. The van der Waals surface area contributed by atoms with Gasteiger partial charge in [0.25, 0.3) is 0 Å². The summed E-state index contributed by atoms with van der Waals surface area (Å²) in [5.41, 5.74) is 3.38. The molecule has 28 heavy (non-hydrogen) atoms. The molecule has 0 atom stereocenters. The zero-order chi connectivity index (χ0) is 19.9. The first-order valence-electron chi connectivity index (χ1n) is 8.78. The quantitative estimate of drug-likeness (QED) is 0.400. The number of rotatable bonds is 5. The maximum Gasteiger partial charge on any atom is 0.224 e. The Bertz CT molecular complexity index is 1080. The van der Waals surface area contributed by atoms with E-state index in [1.807, 2.05) is 24.4 Å². The molecule has 2 aromatic heterocycles. The molecule has 144 valence electrons. The van der Waals surface area contributed by atoms with Gasteiger partial charge in [-0.25, -0.2) is 4.98 Å². The second-order valence-electron chi connectivity index (χ2n) is 7.14. The summed E-state index contributed by atoms with van der Waals surface area (Å²) in [5.74, 6) is 1.07. The van der Waals surface area contributed by atoms with Crippen LogP contribution in [0.15, 0.2) is 41.3 Å². The van der Waals surface area contributed by atoms with Crippen molar-refractivity contribution in [1.29, 1.82) is 0 Å². The highest BCUT2D eigenvalue weighted by Crippen LogP contribution is 2.41. The van der Waals surface area contributed by atoms with Gasteiger partial charge in [0.2, 0.25) is 5.28 Å². The van der Waals surface area contributed by atoms with Crippen molar-refractivity contribution < 1.29 is 4.57 Å². The minimum Gasteiger partial charge on any atom is -0.339 e. The second-order valence-corrected chi connectivity index (χ2v) is 11.5. The van der Waals surface area contributed by atoms with Gasteiger partial charge in [-0.3, -0.25) is 9.97 Å². The molecule has 1 saturated carbocycles. The maximum absolute atomic E-state index is 13.0. The van der Waals surface area contributed by atoms with Crippen molar-refractivity contribution in [3.63, 3.8) is 0 Å². The van der Waals surface area contributed by atoms with Gasteiger partial charge in [0.1, 0.15) is 13.0 Å². The molecule has 1 aliphatic rings. The molecule has 1 aliphatic carbocycles. The Kier molecular flexibility index (Phi) is 5.25. The Balaban J connectivity index is 1.71. The normalized spacial score (nSPS) is 14.1. The Morgan fingerprint density at radius 3 is 2.57 bits per heavy atom. The van der Waals surface area contributed by atoms with Crippen LogP contribution in [0, 0.1) is 0 Å². The molecule has 0 radical (unpaired) electrons. The van der Waals surface area contributed by atoms with Gasteiger partial charge in [-0.15, -0.1) is 0 Å². The monoisotopic (exact) mass is 477 g/mol. The molecule has 2 heterocycles. The van der Waals surface area contributed by atoms with Gasteiger partial charge in [-0.2, -0.15) is 4.98 Å². The number of nitrogens with one attached hydrogen (secondary N) is 1. The number of anilines is 2. The molecular formula is C19H18BrClN5OP. The highest BCUT2D eigenvalue weighted by molar-refractivity contribution is 9.10. The fourth-order valence-corrected chi connectivity index (χ4v) is 4.46. The number of halogens is 2. The lowest BCUT2D eigenvalue weighted by Gasteiger charge is -2.17. The van der Waals surface area contributed by atoms with Crippen LogP contribution in [0.3, 0.4) is 0 Å². The van der Waals surface area contributed by atoms with Gasteiger partial charge in [-0.1, -0.05) is 6.07 Å². The van der Waals surface area contributed by atoms with E-state index in [0.717, 1.165) is 17.0 Å². The van der Waals surface area contributed by atoms with Gasteiger partial charge in [0.05, 0.1) is 27.7 Å². The molecule has 4 rings (SSSR count). The van der Waals surface area contributed by atoms with E-state index >= 15 is 0 Å². The molecule has 0 unspecified atom stereocenters. The maximum atomic E-state index is 13.0. The van der Waals surface area contributed by atoms with Crippen molar-refractivity contribution in [2.24, 2.45) is 0 Å². The third-order valence-corrected chi connectivity index (χ3v) is 6.80. The Morgan fingerprint density at radius 1 is 1.14 bits per heavy atom. The topological polar surface area (TPSA) is 80.7 Å². The van der Waals surface area contributed by atoms with Crippen molar-refractivity contribution in [2.75, 3.05) is 18.6 Å². The molecule has 0 spiro atoms. The average Bonchev–Trinajstić information content (AvgIpc) is 3.50. The molecule has 1 aromatic carbocycles. The van der Waals surface area contributed by atoms with Crippen LogP contribution in [-0.4, -0.2) is 33.3 Å². The molecule has 6 nitrogen and oxygen atoms in total. The number of nitrogens with zero attached hydrogens (tertiary/aromatic N) is 4. The predicted molar refractivity (Wildman–Crippen MR) is 117 cm³/mol. The van der Waals surface area contributed by atoms with Crippen molar-refractivity contribution in [2.45, 2.75) is 18.8 Å². The highest BCUT2D eigenvalue weighted by Gasteiger charge is 2.25. The lowest BCUT2D eigenvalue weighted by Crippen LogP contribution is -2.11. The SMILES string of the molecule is CP(C)(=O)c1cc(-c2cnc(C3CC3)cn2)ccc1Nc1nc(Cl)ncc1Br. The van der Waals surface area contributed by atoms with Crippen LogP contribution in [0.2, 0.25) is 5.28 Å². The Hall–Kier alpha value is -1.82. The van der Waals surface area contributed by atoms with Gasteiger partial charge in [0, 0.05) is 29.2 Å². The van der Waals surface area contributed by atoms with E-state index in [1.165, 1.54) is 12.8 Å². The lowest BCUT2D eigenvalue weighted by atomic mass is 10.1. The first-order valence-corrected chi connectivity index (χ1v) is 12.6. The summed E-state index contributed by atoms with van der Waals surface area (Å²) in [4.78, 5) is 17.2. The average molecular weight is 479 g/mol. The van der Waals surface area contributed by atoms with Crippen LogP contribution in [0.1, 0.15) is 24.5 Å². The Labute approximate surface area is 176 Å². The van der Waals surface area contributed by atoms with Gasteiger partial charge in [-0.05, 0) is 65.8 Å². The number of hydrogen-bond donors (Lipinski definition) is 1. The van der Waals surface area contributed by atoms with Crippen LogP contribution in [0.25, 0.3) is 11.3 Å². The second kappa shape index (κ2) is 7.54. The van der Waals surface area contributed by atoms with E-state index in [2.05, 4.69) is 41.2 Å². The van der Waals surface area contributed by atoms with E-state index < -0.39 is 7.14 Å². The molecule has 0 aliphatic heterocycles. The summed E-state index contributed by atoms with van der Waals surface area (Å²) >= 11 is 9.31. The van der Waals surface area contributed by atoms with Crippen molar-refractivity contribution in [3.8, 4) is 11.3 Å². The zero-order valence-corrected chi connectivity index (χ0v) is 18.6. The van der Waals surface area contributed by atoms with Crippen molar-refractivity contribution >= 4 is 51.5 Å². The van der Waals surface area contributed by atoms with Crippen LogP contribution >= 0.6 is 34.7 Å². The predicted octanol–water partition coefficient (Wildman–Crippen LogP) is 5.22. The van der Waals surface area contributed by atoms with Crippen LogP contribution in [-0.2, 0) is 4.57 Å². The smallest absolute Gasteiger partial charge is 0.224 e. The minimum absolute atomic E-state index is 0.131.